The summed E-state index contributed by atoms with van der Waals surface area (Å²) in [5.74, 6) is -7.58. The Hall–Kier alpha value is -5.52. The number of amides is 7. The van der Waals surface area contributed by atoms with Crippen LogP contribution in [0.2, 0.25) is 0 Å². The van der Waals surface area contributed by atoms with E-state index in [2.05, 4.69) is 44.9 Å². The number of hydrogen-bond donors (Lipinski definition) is 9. The molecular formula is C45H71N7O11. The van der Waals surface area contributed by atoms with Gasteiger partial charge in [0, 0.05) is 12.8 Å². The molecule has 1 aliphatic heterocycles. The molecule has 1 saturated heterocycles. The number of aliphatic hydroxyl groups excluding tert-OH is 1. The number of hydrogen-bond acceptors (Lipinski definition) is 11. The molecular weight excluding hydrogens is 815 g/mol. The van der Waals surface area contributed by atoms with E-state index < -0.39 is 114 Å². The van der Waals surface area contributed by atoms with Crippen LogP contribution in [-0.2, 0) is 49.5 Å². The second-order valence-corrected chi connectivity index (χ2v) is 16.7. The molecule has 0 aliphatic carbocycles. The molecule has 0 spiro atoms. The Morgan fingerprint density at radius 3 is 1.94 bits per heavy atom. The Kier molecular flexibility index (Phi) is 23.4. The maximum atomic E-state index is 14.3. The lowest BCUT2D eigenvalue weighted by atomic mass is 9.94. The molecule has 18 heteroatoms. The number of phenolic OH excluding ortho intramolecular Hbond substituents is 1. The van der Waals surface area contributed by atoms with Gasteiger partial charge in [0.25, 0.3) is 0 Å². The number of aromatic hydroxyl groups is 1. The lowest BCUT2D eigenvalue weighted by molar-refractivity contribution is -0.159. The number of rotatable bonds is 17. The van der Waals surface area contributed by atoms with Gasteiger partial charge in [-0.25, -0.2) is 4.79 Å². The Bertz CT molecular complexity index is 1720. The van der Waals surface area contributed by atoms with Crippen molar-refractivity contribution in [1.29, 1.82) is 0 Å². The molecule has 7 amide bonds. The minimum absolute atomic E-state index is 0.0427. The van der Waals surface area contributed by atoms with Crippen LogP contribution in [0.5, 0.6) is 5.75 Å². The average molecular weight is 886 g/mol. The molecule has 18 nitrogen and oxygen atoms in total. The van der Waals surface area contributed by atoms with Crippen molar-refractivity contribution in [3.05, 3.63) is 42.0 Å². The Balaban J connectivity index is 2.64. The molecule has 0 radical (unpaired) electrons. The first kappa shape index (κ1) is 53.6. The summed E-state index contributed by atoms with van der Waals surface area (Å²) in [5.41, 5.74) is 5.90. The number of aliphatic hydroxyl groups is 1. The van der Waals surface area contributed by atoms with Crippen molar-refractivity contribution in [3.8, 4) is 5.75 Å². The number of nitrogens with two attached hydrogens (primary N) is 1. The lowest BCUT2D eigenvalue weighted by Gasteiger charge is -2.31. The van der Waals surface area contributed by atoms with Crippen molar-refractivity contribution in [2.75, 3.05) is 0 Å². The number of primary amides is 1. The Labute approximate surface area is 371 Å². The summed E-state index contributed by atoms with van der Waals surface area (Å²) >= 11 is 0. The first-order chi connectivity index (χ1) is 29.8. The van der Waals surface area contributed by atoms with E-state index in [-0.39, 0.29) is 25.0 Å². The van der Waals surface area contributed by atoms with Gasteiger partial charge in [-0.15, -0.1) is 0 Å². The molecule has 352 valence electrons. The lowest BCUT2D eigenvalue weighted by Crippen LogP contribution is -2.60. The second kappa shape index (κ2) is 27.5. The molecule has 1 fully saturated rings. The van der Waals surface area contributed by atoms with Crippen LogP contribution in [0.4, 0.5) is 0 Å². The van der Waals surface area contributed by atoms with E-state index in [9.17, 15) is 48.6 Å². The zero-order valence-electron chi connectivity index (χ0n) is 37.9. The van der Waals surface area contributed by atoms with Gasteiger partial charge in [0.1, 0.15) is 48.1 Å². The summed E-state index contributed by atoms with van der Waals surface area (Å²) in [6, 6.07) is -2.30. The fourth-order valence-corrected chi connectivity index (χ4v) is 6.77. The zero-order chi connectivity index (χ0) is 47.2. The highest BCUT2D eigenvalue weighted by Gasteiger charge is 2.37. The number of esters is 1. The first-order valence-electron chi connectivity index (χ1n) is 22.2. The first-order valence-corrected chi connectivity index (χ1v) is 22.2. The third-order valence-corrected chi connectivity index (χ3v) is 11.1. The van der Waals surface area contributed by atoms with E-state index in [4.69, 9.17) is 10.5 Å². The fraction of sp³-hybridized carbons (Fsp3) is 0.644. The molecule has 1 aromatic rings. The van der Waals surface area contributed by atoms with Crippen molar-refractivity contribution in [2.24, 2.45) is 17.6 Å². The van der Waals surface area contributed by atoms with Crippen LogP contribution in [-0.4, -0.2) is 106 Å². The van der Waals surface area contributed by atoms with Gasteiger partial charge in [-0.1, -0.05) is 77.7 Å². The number of carbonyl (C=O) groups excluding carboxylic acids is 8. The minimum atomic E-state index is -1.53. The minimum Gasteiger partial charge on any atom is -0.508 e. The summed E-state index contributed by atoms with van der Waals surface area (Å²) in [5, 5.41) is 35.7. The van der Waals surface area contributed by atoms with Crippen LogP contribution < -0.4 is 37.6 Å². The van der Waals surface area contributed by atoms with E-state index in [1.54, 1.807) is 13.8 Å². The molecule has 63 heavy (non-hydrogen) atoms. The molecule has 1 heterocycles. The smallest absolute Gasteiger partial charge is 0.329 e. The third kappa shape index (κ3) is 19.2. The Morgan fingerprint density at radius 1 is 0.746 bits per heavy atom. The fourth-order valence-electron chi connectivity index (χ4n) is 6.77. The highest BCUT2D eigenvalue weighted by atomic mass is 16.5. The number of ether oxygens (including phenoxy) is 1. The standard InChI is InChI=1S/C45H71N7O11/c1-8-10-11-12-13-14-15-16-17-27(4)35-25-37(56)51-39(30(7)53)44(61)48-28(5)40(57)47-29(6)41(58)49-33(22-23-36(46)55)42(59)50-34(24-31-18-20-32(54)21-19-31)43(60)52-38(26(3)9-2)45(62)63-35/h14-15,18-21,26-30,33-35,38-39,53-54H,8-13,16-17,22-25H2,1-7H3,(H2,46,55)(H,47,57)(H,48,61)(H,49,58)(H,50,59)(H,51,56)(H,52,60)/b15-14+/t26?,27-,28+,29-,30-,33+,34-,35+,38+,39-/m1/s1. The van der Waals surface area contributed by atoms with Crippen LogP contribution in [0.3, 0.4) is 0 Å². The average Bonchev–Trinajstić information content (AvgIpc) is 3.23. The monoisotopic (exact) mass is 886 g/mol. The van der Waals surface area contributed by atoms with Crippen LogP contribution in [0.1, 0.15) is 125 Å². The number of carbonyl (C=O) groups is 8. The van der Waals surface area contributed by atoms with Crippen molar-refractivity contribution in [2.45, 2.75) is 174 Å². The largest absolute Gasteiger partial charge is 0.508 e. The van der Waals surface area contributed by atoms with Gasteiger partial charge in [0.15, 0.2) is 0 Å². The topological polar surface area (TPSA) is 284 Å². The van der Waals surface area contributed by atoms with Gasteiger partial charge >= 0.3 is 5.97 Å². The summed E-state index contributed by atoms with van der Waals surface area (Å²) in [6.45, 7) is 11.4. The SMILES string of the molecule is CCCCCC/C=C/CC[C@@H](C)[C@@H]1CC(=O)N[C@H]([C@@H](C)O)C(=O)N[C@@H](C)C(=O)N[C@H](C)C(=O)N[C@@H](CCC(N)=O)C(=O)N[C@H](Cc2ccc(O)cc2)C(=O)N[C@@H](C(C)CC)C(=O)O1. The highest BCUT2D eigenvalue weighted by molar-refractivity contribution is 5.97. The number of allylic oxidation sites excluding steroid dienone is 2. The van der Waals surface area contributed by atoms with Crippen LogP contribution in [0.15, 0.2) is 36.4 Å². The van der Waals surface area contributed by atoms with Gasteiger partial charge in [0.05, 0.1) is 12.5 Å². The van der Waals surface area contributed by atoms with Gasteiger partial charge in [-0.3, -0.25) is 33.6 Å². The van der Waals surface area contributed by atoms with Crippen LogP contribution in [0, 0.1) is 11.8 Å². The zero-order valence-corrected chi connectivity index (χ0v) is 37.9. The van der Waals surface area contributed by atoms with E-state index in [1.165, 1.54) is 45.0 Å². The van der Waals surface area contributed by atoms with Gasteiger partial charge in [-0.2, -0.15) is 0 Å². The van der Waals surface area contributed by atoms with Gasteiger partial charge in [-0.05, 0) is 82.4 Å². The number of unbranched alkanes of at least 4 members (excludes halogenated alkanes) is 4. The predicted octanol–water partition coefficient (Wildman–Crippen LogP) is 1.83. The number of nitrogens with one attached hydrogen (secondary N) is 6. The maximum Gasteiger partial charge on any atom is 0.329 e. The van der Waals surface area contributed by atoms with E-state index in [0.29, 0.717) is 24.8 Å². The molecule has 10 N–H and O–H groups in total. The molecule has 0 aromatic heterocycles. The van der Waals surface area contributed by atoms with Crippen molar-refractivity contribution >= 4 is 47.3 Å². The second-order valence-electron chi connectivity index (χ2n) is 16.7. The maximum absolute atomic E-state index is 14.3. The molecule has 0 saturated carbocycles. The van der Waals surface area contributed by atoms with Crippen LogP contribution in [0.25, 0.3) is 0 Å². The third-order valence-electron chi connectivity index (χ3n) is 11.1. The van der Waals surface area contributed by atoms with Crippen molar-refractivity contribution < 1.29 is 53.3 Å². The number of cyclic esters (lactones) is 1. The van der Waals surface area contributed by atoms with Gasteiger partial charge < -0.3 is 52.6 Å². The molecule has 1 unspecified atom stereocenters. The number of phenols is 1. The van der Waals surface area contributed by atoms with E-state index in [0.717, 1.165) is 32.1 Å². The van der Waals surface area contributed by atoms with Gasteiger partial charge in [0.2, 0.25) is 41.4 Å². The molecule has 1 aromatic carbocycles. The quantitative estimate of drug-likeness (QED) is 0.0618. The van der Waals surface area contributed by atoms with Crippen LogP contribution >= 0.6 is 0 Å². The molecule has 10 atom stereocenters. The Morgan fingerprint density at radius 2 is 1.33 bits per heavy atom. The molecule has 0 bridgehead atoms. The number of benzene rings is 1. The van der Waals surface area contributed by atoms with Crippen molar-refractivity contribution in [1.82, 2.24) is 31.9 Å². The van der Waals surface area contributed by atoms with E-state index in [1.807, 2.05) is 13.0 Å². The normalized spacial score (nSPS) is 25.4. The summed E-state index contributed by atoms with van der Waals surface area (Å²) in [6.07, 6.45) is 7.43. The van der Waals surface area contributed by atoms with E-state index >= 15 is 0 Å². The molecule has 1 aliphatic rings. The highest BCUT2D eigenvalue weighted by Crippen LogP contribution is 2.22. The van der Waals surface area contributed by atoms with Crippen molar-refractivity contribution in [3.63, 3.8) is 0 Å². The predicted molar refractivity (Wildman–Crippen MR) is 235 cm³/mol. The summed E-state index contributed by atoms with van der Waals surface area (Å²) in [4.78, 5) is 108. The summed E-state index contributed by atoms with van der Waals surface area (Å²) < 4.78 is 6.08. The molecule has 2 rings (SSSR count). The summed E-state index contributed by atoms with van der Waals surface area (Å²) in [7, 11) is 0.